The minimum Gasteiger partial charge on any atom is -0.381 e. The molecule has 0 spiro atoms. The van der Waals surface area contributed by atoms with E-state index in [2.05, 4.69) is 39.5 Å². The standard InChI is InChI=1S/C17H37NO/c1-7-18(8-2)15-10-9-12-16(19-6)13-11-14-17(3,4)5/h16H,7-15H2,1-6H3/t16-/m0/s1. The second-order valence-electron chi connectivity index (χ2n) is 6.83. The summed E-state index contributed by atoms with van der Waals surface area (Å²) < 4.78 is 5.61. The smallest absolute Gasteiger partial charge is 0.0571 e. The summed E-state index contributed by atoms with van der Waals surface area (Å²) in [4.78, 5) is 2.50. The molecule has 0 unspecified atom stereocenters. The molecular weight excluding hydrogens is 234 g/mol. The zero-order valence-corrected chi connectivity index (χ0v) is 14.3. The van der Waals surface area contributed by atoms with Gasteiger partial charge in [0.2, 0.25) is 0 Å². The van der Waals surface area contributed by atoms with Gasteiger partial charge in [-0.2, -0.15) is 0 Å². The second kappa shape index (κ2) is 10.7. The highest BCUT2D eigenvalue weighted by Crippen LogP contribution is 2.23. The summed E-state index contributed by atoms with van der Waals surface area (Å²) in [7, 11) is 1.87. The van der Waals surface area contributed by atoms with Crippen LogP contribution in [0.2, 0.25) is 0 Å². The maximum atomic E-state index is 5.61. The monoisotopic (exact) mass is 271 g/mol. The summed E-state index contributed by atoms with van der Waals surface area (Å²) in [6.07, 6.45) is 8.11. The van der Waals surface area contributed by atoms with E-state index < -0.39 is 0 Å². The molecule has 0 N–H and O–H groups in total. The highest BCUT2D eigenvalue weighted by molar-refractivity contribution is 4.65. The van der Waals surface area contributed by atoms with E-state index in [1.807, 2.05) is 7.11 Å². The number of ether oxygens (including phenoxy) is 1. The van der Waals surface area contributed by atoms with Gasteiger partial charge < -0.3 is 9.64 Å². The van der Waals surface area contributed by atoms with Gasteiger partial charge in [0.25, 0.3) is 0 Å². The second-order valence-corrected chi connectivity index (χ2v) is 6.83. The number of unbranched alkanes of at least 4 members (excludes halogenated alkanes) is 1. The van der Waals surface area contributed by atoms with Gasteiger partial charge in [0.15, 0.2) is 0 Å². The first-order valence-electron chi connectivity index (χ1n) is 8.18. The van der Waals surface area contributed by atoms with E-state index in [0.29, 0.717) is 11.5 Å². The van der Waals surface area contributed by atoms with Crippen LogP contribution in [0.1, 0.15) is 73.1 Å². The van der Waals surface area contributed by atoms with Crippen LogP contribution in [0, 0.1) is 5.41 Å². The first-order valence-corrected chi connectivity index (χ1v) is 8.18. The Kier molecular flexibility index (Phi) is 10.6. The predicted octanol–water partition coefficient (Wildman–Crippen LogP) is 4.73. The van der Waals surface area contributed by atoms with Crippen LogP contribution in [0.3, 0.4) is 0 Å². The lowest BCUT2D eigenvalue weighted by Crippen LogP contribution is -2.24. The summed E-state index contributed by atoms with van der Waals surface area (Å²) in [6.45, 7) is 15.0. The van der Waals surface area contributed by atoms with Crippen LogP contribution < -0.4 is 0 Å². The maximum absolute atomic E-state index is 5.61. The van der Waals surface area contributed by atoms with Crippen molar-refractivity contribution >= 4 is 0 Å². The van der Waals surface area contributed by atoms with Gasteiger partial charge in [-0.3, -0.25) is 0 Å². The van der Waals surface area contributed by atoms with Gasteiger partial charge in [0.1, 0.15) is 0 Å². The first-order chi connectivity index (χ1) is 8.92. The predicted molar refractivity (Wildman–Crippen MR) is 85.7 cm³/mol. The molecule has 0 amide bonds. The molecule has 0 aromatic heterocycles. The van der Waals surface area contributed by atoms with E-state index in [1.54, 1.807) is 0 Å². The average Bonchev–Trinajstić information content (AvgIpc) is 2.35. The van der Waals surface area contributed by atoms with Crippen molar-refractivity contribution in [3.05, 3.63) is 0 Å². The normalized spacial score (nSPS) is 14.1. The summed E-state index contributed by atoms with van der Waals surface area (Å²) >= 11 is 0. The van der Waals surface area contributed by atoms with Crippen LogP contribution in [0.25, 0.3) is 0 Å². The molecule has 0 aromatic rings. The Hall–Kier alpha value is -0.0800. The Morgan fingerprint density at radius 1 is 0.947 bits per heavy atom. The van der Waals surface area contributed by atoms with Gasteiger partial charge in [-0.25, -0.2) is 0 Å². The molecule has 0 radical (unpaired) electrons. The molecule has 2 nitrogen and oxygen atoms in total. The Labute approximate surface area is 121 Å². The lowest BCUT2D eigenvalue weighted by atomic mass is 9.89. The molecule has 0 aliphatic heterocycles. The maximum Gasteiger partial charge on any atom is 0.0571 e. The van der Waals surface area contributed by atoms with Crippen LogP contribution in [0.5, 0.6) is 0 Å². The molecule has 0 fully saturated rings. The molecule has 2 heteroatoms. The highest BCUT2D eigenvalue weighted by Gasteiger charge is 2.12. The molecule has 1 atom stereocenters. The third kappa shape index (κ3) is 11.4. The van der Waals surface area contributed by atoms with E-state index in [0.717, 1.165) is 0 Å². The third-order valence-electron chi connectivity index (χ3n) is 3.93. The molecule has 0 heterocycles. The van der Waals surface area contributed by atoms with Crippen LogP contribution >= 0.6 is 0 Å². The van der Waals surface area contributed by atoms with Gasteiger partial charge >= 0.3 is 0 Å². The highest BCUT2D eigenvalue weighted by atomic mass is 16.5. The van der Waals surface area contributed by atoms with Crippen molar-refractivity contribution in [1.82, 2.24) is 4.90 Å². The molecule has 0 rings (SSSR count). The van der Waals surface area contributed by atoms with Gasteiger partial charge in [-0.15, -0.1) is 0 Å². The topological polar surface area (TPSA) is 12.5 Å². The van der Waals surface area contributed by atoms with Crippen molar-refractivity contribution in [3.8, 4) is 0 Å². The van der Waals surface area contributed by atoms with Gasteiger partial charge in [0.05, 0.1) is 6.10 Å². The van der Waals surface area contributed by atoms with Crippen molar-refractivity contribution in [2.75, 3.05) is 26.7 Å². The lowest BCUT2D eigenvalue weighted by Gasteiger charge is -2.21. The van der Waals surface area contributed by atoms with Crippen molar-refractivity contribution in [3.63, 3.8) is 0 Å². The Bertz CT molecular complexity index is 194. The number of nitrogens with zero attached hydrogens (tertiary/aromatic N) is 1. The van der Waals surface area contributed by atoms with Crippen LogP contribution in [-0.4, -0.2) is 37.7 Å². The largest absolute Gasteiger partial charge is 0.381 e. The van der Waals surface area contributed by atoms with Crippen molar-refractivity contribution in [1.29, 1.82) is 0 Å². The molecule has 0 saturated carbocycles. The minimum absolute atomic E-state index is 0.459. The van der Waals surface area contributed by atoms with Gasteiger partial charge in [-0.1, -0.05) is 41.0 Å². The SMILES string of the molecule is CCN(CC)CCCC[C@@H](CCCC(C)(C)C)OC. The molecule has 116 valence electrons. The van der Waals surface area contributed by atoms with Crippen molar-refractivity contribution in [2.24, 2.45) is 5.41 Å². The number of hydrogen-bond acceptors (Lipinski definition) is 2. The van der Waals surface area contributed by atoms with Crippen LogP contribution in [0.15, 0.2) is 0 Å². The van der Waals surface area contributed by atoms with Crippen molar-refractivity contribution in [2.45, 2.75) is 79.2 Å². The number of hydrogen-bond donors (Lipinski definition) is 0. The molecule has 0 aliphatic carbocycles. The van der Waals surface area contributed by atoms with E-state index in [-0.39, 0.29) is 0 Å². The fraction of sp³-hybridized carbons (Fsp3) is 1.00. The van der Waals surface area contributed by atoms with E-state index >= 15 is 0 Å². The molecule has 0 aliphatic rings. The molecule has 0 aromatic carbocycles. The van der Waals surface area contributed by atoms with Crippen LogP contribution in [-0.2, 0) is 4.74 Å². The fourth-order valence-corrected chi connectivity index (χ4v) is 2.49. The Balaban J connectivity index is 3.65. The van der Waals surface area contributed by atoms with E-state index in [9.17, 15) is 0 Å². The summed E-state index contributed by atoms with van der Waals surface area (Å²) in [5.74, 6) is 0. The zero-order valence-electron chi connectivity index (χ0n) is 14.3. The van der Waals surface area contributed by atoms with Gasteiger partial charge in [-0.05, 0) is 57.2 Å². The van der Waals surface area contributed by atoms with Crippen LogP contribution in [0.4, 0.5) is 0 Å². The zero-order chi connectivity index (χ0) is 14.7. The quantitative estimate of drug-likeness (QED) is 0.504. The summed E-state index contributed by atoms with van der Waals surface area (Å²) in [6, 6.07) is 0. The molecule has 0 bridgehead atoms. The minimum atomic E-state index is 0.459. The number of methoxy groups -OCH3 is 1. The molecule has 19 heavy (non-hydrogen) atoms. The Morgan fingerprint density at radius 2 is 1.53 bits per heavy atom. The molecule has 0 saturated heterocycles. The van der Waals surface area contributed by atoms with E-state index in [4.69, 9.17) is 4.74 Å². The number of rotatable bonds is 11. The Morgan fingerprint density at radius 3 is 2.00 bits per heavy atom. The van der Waals surface area contributed by atoms with E-state index in [1.165, 1.54) is 58.2 Å². The summed E-state index contributed by atoms with van der Waals surface area (Å²) in [5, 5.41) is 0. The average molecular weight is 271 g/mol. The first kappa shape index (κ1) is 18.9. The molecular formula is C17H37NO. The lowest BCUT2D eigenvalue weighted by molar-refractivity contribution is 0.0802. The van der Waals surface area contributed by atoms with Crippen molar-refractivity contribution < 1.29 is 4.74 Å². The summed E-state index contributed by atoms with van der Waals surface area (Å²) in [5.41, 5.74) is 0.459. The fourth-order valence-electron chi connectivity index (χ4n) is 2.49. The van der Waals surface area contributed by atoms with Gasteiger partial charge in [0, 0.05) is 7.11 Å². The third-order valence-corrected chi connectivity index (χ3v) is 3.93.